The van der Waals surface area contributed by atoms with Crippen LogP contribution in [0.2, 0.25) is 0 Å². The van der Waals surface area contributed by atoms with E-state index in [-0.39, 0.29) is 17.1 Å². The number of sulfone groups is 1. The molecule has 150 valence electrons. The number of fused-ring (bicyclic) bond motifs is 1. The summed E-state index contributed by atoms with van der Waals surface area (Å²) in [4.78, 5) is 27.3. The summed E-state index contributed by atoms with van der Waals surface area (Å²) in [5.74, 6) is -0.506. The van der Waals surface area contributed by atoms with Crippen molar-refractivity contribution in [1.29, 1.82) is 0 Å². The van der Waals surface area contributed by atoms with Crippen LogP contribution < -0.4 is 5.63 Å². The first-order valence-corrected chi connectivity index (χ1v) is 11.3. The Labute approximate surface area is 168 Å². The molecule has 0 spiro atoms. The number of carbonyl (C=O) groups excluding carboxylic acids is 1. The van der Waals surface area contributed by atoms with Crippen molar-refractivity contribution in [2.75, 3.05) is 18.1 Å². The van der Waals surface area contributed by atoms with Crippen molar-refractivity contribution in [3.63, 3.8) is 0 Å². The molecule has 1 aliphatic rings. The second kappa shape index (κ2) is 7.83. The summed E-state index contributed by atoms with van der Waals surface area (Å²) in [5.41, 5.74) is 0.672. The van der Waals surface area contributed by atoms with E-state index in [1.54, 1.807) is 24.3 Å². The molecule has 2 heterocycles. The van der Waals surface area contributed by atoms with Crippen molar-refractivity contribution in [1.82, 2.24) is 4.90 Å². The van der Waals surface area contributed by atoms with Crippen LogP contribution in [0.15, 0.2) is 69.9 Å². The Morgan fingerprint density at radius 1 is 1.07 bits per heavy atom. The summed E-state index contributed by atoms with van der Waals surface area (Å²) in [6.07, 6.45) is 0.948. The van der Waals surface area contributed by atoms with E-state index in [0.29, 0.717) is 30.4 Å². The van der Waals surface area contributed by atoms with Crippen molar-refractivity contribution >= 4 is 26.7 Å². The van der Waals surface area contributed by atoms with E-state index in [1.807, 2.05) is 30.3 Å². The van der Waals surface area contributed by atoms with Gasteiger partial charge in [0.15, 0.2) is 9.84 Å². The second-order valence-electron chi connectivity index (χ2n) is 7.28. The highest BCUT2D eigenvalue weighted by Crippen LogP contribution is 2.21. The smallest absolute Gasteiger partial charge is 0.349 e. The lowest BCUT2D eigenvalue weighted by atomic mass is 10.1. The summed E-state index contributed by atoms with van der Waals surface area (Å²) in [6, 6.07) is 17.7. The maximum absolute atomic E-state index is 13.3. The van der Waals surface area contributed by atoms with E-state index in [9.17, 15) is 18.0 Å². The van der Waals surface area contributed by atoms with Crippen molar-refractivity contribution in [2.24, 2.45) is 0 Å². The highest BCUT2D eigenvalue weighted by atomic mass is 32.2. The highest BCUT2D eigenvalue weighted by molar-refractivity contribution is 7.91. The molecule has 0 radical (unpaired) electrons. The van der Waals surface area contributed by atoms with Crippen LogP contribution in [0.4, 0.5) is 0 Å². The molecule has 6 nitrogen and oxygen atoms in total. The number of amides is 1. The van der Waals surface area contributed by atoms with Crippen molar-refractivity contribution in [3.05, 3.63) is 82.2 Å². The predicted molar refractivity (Wildman–Crippen MR) is 111 cm³/mol. The molecule has 2 aromatic carbocycles. The molecule has 1 atom stereocenters. The largest absolute Gasteiger partial charge is 0.422 e. The third-order valence-electron chi connectivity index (χ3n) is 5.27. The molecule has 4 rings (SSSR count). The van der Waals surface area contributed by atoms with Gasteiger partial charge in [-0.25, -0.2) is 13.2 Å². The minimum absolute atomic E-state index is 0.0547. The lowest BCUT2D eigenvalue weighted by Crippen LogP contribution is -2.43. The van der Waals surface area contributed by atoms with E-state index < -0.39 is 27.4 Å². The number of nitrogens with zero attached hydrogens (tertiary/aromatic N) is 1. The molecule has 3 aromatic rings. The van der Waals surface area contributed by atoms with Crippen molar-refractivity contribution in [3.8, 4) is 0 Å². The fourth-order valence-electron chi connectivity index (χ4n) is 3.73. The summed E-state index contributed by atoms with van der Waals surface area (Å²) in [6.45, 7) is 0.329. The van der Waals surface area contributed by atoms with E-state index in [1.165, 1.54) is 11.0 Å². The molecule has 0 aliphatic carbocycles. The fourth-order valence-corrected chi connectivity index (χ4v) is 5.46. The Morgan fingerprint density at radius 3 is 2.52 bits per heavy atom. The van der Waals surface area contributed by atoms with Gasteiger partial charge in [0.1, 0.15) is 11.1 Å². The number of hydrogen-bond donors (Lipinski definition) is 0. The quantitative estimate of drug-likeness (QED) is 0.603. The van der Waals surface area contributed by atoms with Gasteiger partial charge in [-0.15, -0.1) is 0 Å². The van der Waals surface area contributed by atoms with Crippen LogP contribution in [-0.2, 0) is 16.3 Å². The Balaban J connectivity index is 1.67. The number of para-hydroxylation sites is 1. The molecule has 0 bridgehead atoms. The third-order valence-corrected chi connectivity index (χ3v) is 7.02. The molecule has 0 unspecified atom stereocenters. The lowest BCUT2D eigenvalue weighted by Gasteiger charge is -2.28. The topological polar surface area (TPSA) is 84.7 Å². The van der Waals surface area contributed by atoms with Crippen LogP contribution in [0, 0.1) is 0 Å². The first kappa shape index (κ1) is 19.4. The molecule has 1 amide bonds. The Bertz CT molecular complexity index is 1200. The molecule has 0 saturated carbocycles. The second-order valence-corrected chi connectivity index (χ2v) is 9.51. The number of benzene rings is 2. The van der Waals surface area contributed by atoms with Gasteiger partial charge < -0.3 is 9.32 Å². The molecule has 7 heteroatoms. The molecular weight excluding hydrogens is 390 g/mol. The zero-order valence-electron chi connectivity index (χ0n) is 15.8. The van der Waals surface area contributed by atoms with Gasteiger partial charge in [0.2, 0.25) is 0 Å². The zero-order valence-corrected chi connectivity index (χ0v) is 16.6. The third kappa shape index (κ3) is 4.24. The number of rotatable bonds is 5. The maximum atomic E-state index is 13.3. The summed E-state index contributed by atoms with van der Waals surface area (Å²) < 4.78 is 29.3. The SMILES string of the molecule is O=C(c1cc2ccccc2oc1=O)N(CCc1ccccc1)[C@@H]1CCS(=O)(=O)C1. The molecule has 1 aliphatic heterocycles. The standard InChI is InChI=1S/C22H21NO5S/c24-21(19-14-17-8-4-5-9-20(17)28-22(19)25)23(18-11-13-29(26,27)15-18)12-10-16-6-2-1-3-7-16/h1-9,14,18H,10-13,15H2/t18-/m1/s1. The van der Waals surface area contributed by atoms with Crippen LogP contribution in [0.25, 0.3) is 11.0 Å². The van der Waals surface area contributed by atoms with Gasteiger partial charge >= 0.3 is 5.63 Å². The van der Waals surface area contributed by atoms with E-state index in [4.69, 9.17) is 4.42 Å². The average Bonchev–Trinajstić information content (AvgIpc) is 3.07. The van der Waals surface area contributed by atoms with Gasteiger partial charge in [0, 0.05) is 18.0 Å². The molecule has 1 saturated heterocycles. The van der Waals surface area contributed by atoms with E-state index in [2.05, 4.69) is 0 Å². The van der Waals surface area contributed by atoms with Crippen LogP contribution >= 0.6 is 0 Å². The monoisotopic (exact) mass is 411 g/mol. The van der Waals surface area contributed by atoms with Gasteiger partial charge in [-0.05, 0) is 30.5 Å². The molecule has 1 aromatic heterocycles. The molecule has 1 fully saturated rings. The molecular formula is C22H21NO5S. The summed E-state index contributed by atoms with van der Waals surface area (Å²) in [7, 11) is -3.18. The normalized spacial score (nSPS) is 18.0. The number of carbonyl (C=O) groups is 1. The lowest BCUT2D eigenvalue weighted by molar-refractivity contribution is 0.0695. The molecule has 29 heavy (non-hydrogen) atoms. The highest BCUT2D eigenvalue weighted by Gasteiger charge is 2.35. The van der Waals surface area contributed by atoms with E-state index >= 15 is 0 Å². The first-order chi connectivity index (χ1) is 13.9. The van der Waals surface area contributed by atoms with Gasteiger partial charge in [-0.1, -0.05) is 48.5 Å². The predicted octanol–water partition coefficient (Wildman–Crippen LogP) is 2.67. The fraction of sp³-hybridized carbons (Fsp3) is 0.273. The van der Waals surface area contributed by atoms with Crippen molar-refractivity contribution in [2.45, 2.75) is 18.9 Å². The maximum Gasteiger partial charge on any atom is 0.349 e. The van der Waals surface area contributed by atoms with Crippen LogP contribution in [0.1, 0.15) is 22.3 Å². The minimum Gasteiger partial charge on any atom is -0.422 e. The number of hydrogen-bond acceptors (Lipinski definition) is 5. The van der Waals surface area contributed by atoms with Gasteiger partial charge in [-0.2, -0.15) is 0 Å². The summed E-state index contributed by atoms with van der Waals surface area (Å²) >= 11 is 0. The minimum atomic E-state index is -3.18. The van der Waals surface area contributed by atoms with Gasteiger partial charge in [0.25, 0.3) is 5.91 Å². The van der Waals surface area contributed by atoms with Crippen LogP contribution in [0.5, 0.6) is 0 Å². The van der Waals surface area contributed by atoms with Crippen molar-refractivity contribution < 1.29 is 17.6 Å². The van der Waals surface area contributed by atoms with Gasteiger partial charge in [-0.3, -0.25) is 4.79 Å². The van der Waals surface area contributed by atoms with Crippen LogP contribution in [0.3, 0.4) is 0 Å². The Kier molecular flexibility index (Phi) is 5.24. The molecule has 0 N–H and O–H groups in total. The zero-order chi connectivity index (χ0) is 20.4. The van der Waals surface area contributed by atoms with Crippen LogP contribution in [-0.4, -0.2) is 43.3 Å². The first-order valence-electron chi connectivity index (χ1n) is 9.51. The Hall–Kier alpha value is -2.93. The van der Waals surface area contributed by atoms with Gasteiger partial charge in [0.05, 0.1) is 11.5 Å². The Morgan fingerprint density at radius 2 is 1.79 bits per heavy atom. The summed E-state index contributed by atoms with van der Waals surface area (Å²) in [5, 5.41) is 0.650. The average molecular weight is 411 g/mol. The van der Waals surface area contributed by atoms with E-state index in [0.717, 1.165) is 5.56 Å².